The molecule has 0 radical (unpaired) electrons. The molecule has 0 aliphatic carbocycles. The summed E-state index contributed by atoms with van der Waals surface area (Å²) >= 11 is 6.95. The van der Waals surface area contributed by atoms with Gasteiger partial charge in [-0.05, 0) is 65.5 Å². The Hall–Kier alpha value is -2.59. The molecule has 0 N–H and O–H groups in total. The fourth-order valence-electron chi connectivity index (χ4n) is 4.62. The standard InChI is InChI=1S/C25H28Br2N4O4/c1-35-25-18(15-19(26)16-21(25)27)5-8-24(32)30-13-11-28(12-14-30)20-6-7-22(31(33)34)23(17-20)29-9-3-2-4-10-29/h5-8,15-17H,2-4,9-14H2,1H3. The molecule has 35 heavy (non-hydrogen) atoms. The molecule has 0 aromatic heterocycles. The Bertz CT molecular complexity index is 1130. The van der Waals surface area contributed by atoms with Crippen LogP contribution in [0.4, 0.5) is 17.1 Å². The van der Waals surface area contributed by atoms with Crippen molar-refractivity contribution in [3.63, 3.8) is 0 Å². The van der Waals surface area contributed by atoms with Crippen LogP contribution < -0.4 is 14.5 Å². The lowest BCUT2D eigenvalue weighted by Crippen LogP contribution is -2.48. The molecule has 0 bridgehead atoms. The lowest BCUT2D eigenvalue weighted by molar-refractivity contribution is -0.384. The van der Waals surface area contributed by atoms with Crippen LogP contribution in [0.15, 0.2) is 45.4 Å². The monoisotopic (exact) mass is 606 g/mol. The van der Waals surface area contributed by atoms with Crippen LogP contribution in [0.5, 0.6) is 5.75 Å². The van der Waals surface area contributed by atoms with E-state index in [1.165, 1.54) is 6.42 Å². The summed E-state index contributed by atoms with van der Waals surface area (Å²) in [5.74, 6) is 0.616. The topological polar surface area (TPSA) is 79.2 Å². The van der Waals surface area contributed by atoms with E-state index in [2.05, 4.69) is 41.7 Å². The molecule has 1 amide bonds. The van der Waals surface area contributed by atoms with E-state index < -0.39 is 0 Å². The summed E-state index contributed by atoms with van der Waals surface area (Å²) in [5, 5.41) is 11.6. The molecular weight excluding hydrogens is 580 g/mol. The third kappa shape index (κ3) is 5.98. The average molecular weight is 608 g/mol. The van der Waals surface area contributed by atoms with Gasteiger partial charge in [-0.1, -0.05) is 15.9 Å². The maximum Gasteiger partial charge on any atom is 0.292 e. The van der Waals surface area contributed by atoms with E-state index in [9.17, 15) is 14.9 Å². The Morgan fingerprint density at radius 2 is 1.71 bits per heavy atom. The van der Waals surface area contributed by atoms with E-state index >= 15 is 0 Å². The van der Waals surface area contributed by atoms with Crippen LogP contribution in [-0.2, 0) is 4.79 Å². The van der Waals surface area contributed by atoms with Gasteiger partial charge in [-0.15, -0.1) is 0 Å². The first-order valence-corrected chi connectivity index (χ1v) is 13.2. The van der Waals surface area contributed by atoms with Crippen molar-refractivity contribution in [1.29, 1.82) is 0 Å². The maximum atomic E-state index is 12.8. The predicted molar refractivity (Wildman–Crippen MR) is 145 cm³/mol. The first-order chi connectivity index (χ1) is 16.9. The summed E-state index contributed by atoms with van der Waals surface area (Å²) in [6, 6.07) is 9.17. The number of ether oxygens (including phenoxy) is 1. The molecular formula is C25H28Br2N4O4. The van der Waals surface area contributed by atoms with Gasteiger partial charge in [0.05, 0.1) is 16.5 Å². The molecule has 186 valence electrons. The van der Waals surface area contributed by atoms with Crippen LogP contribution in [0.1, 0.15) is 24.8 Å². The number of hydrogen-bond acceptors (Lipinski definition) is 6. The molecule has 4 rings (SSSR count). The van der Waals surface area contributed by atoms with Crippen molar-refractivity contribution in [2.24, 2.45) is 0 Å². The minimum atomic E-state index is -0.296. The average Bonchev–Trinajstić information content (AvgIpc) is 2.87. The molecule has 2 aromatic rings. The number of amides is 1. The highest BCUT2D eigenvalue weighted by molar-refractivity contribution is 9.11. The van der Waals surface area contributed by atoms with Gasteiger partial charge in [0.25, 0.3) is 5.69 Å². The van der Waals surface area contributed by atoms with Gasteiger partial charge in [0.15, 0.2) is 0 Å². The van der Waals surface area contributed by atoms with Gasteiger partial charge in [-0.2, -0.15) is 0 Å². The number of carbonyl (C=O) groups is 1. The van der Waals surface area contributed by atoms with Gasteiger partial charge in [-0.3, -0.25) is 14.9 Å². The quantitative estimate of drug-likeness (QED) is 0.246. The predicted octanol–water partition coefficient (Wildman–Crippen LogP) is 5.48. The molecule has 0 saturated carbocycles. The van der Waals surface area contributed by atoms with Crippen molar-refractivity contribution < 1.29 is 14.5 Å². The number of anilines is 2. The molecule has 2 fully saturated rings. The Morgan fingerprint density at radius 3 is 2.37 bits per heavy atom. The number of hydrogen-bond donors (Lipinski definition) is 0. The van der Waals surface area contributed by atoms with Crippen LogP contribution in [0.2, 0.25) is 0 Å². The third-order valence-corrected chi connectivity index (χ3v) is 7.50. The highest BCUT2D eigenvalue weighted by atomic mass is 79.9. The molecule has 2 aliphatic heterocycles. The Morgan fingerprint density at radius 1 is 1.00 bits per heavy atom. The van der Waals surface area contributed by atoms with Crippen molar-refractivity contribution >= 4 is 60.9 Å². The van der Waals surface area contributed by atoms with Crippen molar-refractivity contribution in [3.8, 4) is 5.75 Å². The smallest absolute Gasteiger partial charge is 0.292 e. The summed E-state index contributed by atoms with van der Waals surface area (Å²) in [7, 11) is 1.60. The minimum absolute atomic E-state index is 0.0551. The van der Waals surface area contributed by atoms with E-state index in [0.717, 1.165) is 46.1 Å². The summed E-state index contributed by atoms with van der Waals surface area (Å²) in [6.45, 7) is 4.19. The normalized spacial score (nSPS) is 16.6. The maximum absolute atomic E-state index is 12.8. The van der Waals surface area contributed by atoms with E-state index in [1.54, 1.807) is 25.3 Å². The van der Waals surface area contributed by atoms with Crippen molar-refractivity contribution in [2.45, 2.75) is 19.3 Å². The number of nitro groups is 1. The van der Waals surface area contributed by atoms with Crippen molar-refractivity contribution in [2.75, 3.05) is 56.2 Å². The SMILES string of the molecule is COc1c(Br)cc(Br)cc1C=CC(=O)N1CCN(c2ccc([N+](=O)[O-])c(N3CCCCC3)c2)CC1. The lowest BCUT2D eigenvalue weighted by Gasteiger charge is -2.36. The molecule has 0 atom stereocenters. The van der Waals surface area contributed by atoms with Gasteiger partial charge in [0, 0.05) is 67.1 Å². The van der Waals surface area contributed by atoms with Crippen LogP contribution >= 0.6 is 31.9 Å². The minimum Gasteiger partial charge on any atom is -0.495 e. The largest absolute Gasteiger partial charge is 0.495 e. The number of rotatable bonds is 6. The lowest BCUT2D eigenvalue weighted by atomic mass is 10.1. The Kier molecular flexibility index (Phi) is 8.33. The fraction of sp³-hybridized carbons (Fsp3) is 0.400. The second-order valence-corrected chi connectivity index (χ2v) is 10.4. The zero-order chi connectivity index (χ0) is 24.9. The van der Waals surface area contributed by atoms with Crippen LogP contribution in [0.25, 0.3) is 6.08 Å². The van der Waals surface area contributed by atoms with Gasteiger partial charge < -0.3 is 19.4 Å². The molecule has 0 spiro atoms. The molecule has 2 heterocycles. The Balaban J connectivity index is 1.43. The first kappa shape index (κ1) is 25.5. The van der Waals surface area contributed by atoms with E-state index in [4.69, 9.17) is 4.74 Å². The van der Waals surface area contributed by atoms with E-state index in [-0.39, 0.29) is 16.5 Å². The molecule has 2 saturated heterocycles. The van der Waals surface area contributed by atoms with Crippen LogP contribution in [-0.4, -0.2) is 62.1 Å². The molecule has 0 unspecified atom stereocenters. The number of nitrogens with zero attached hydrogens (tertiary/aromatic N) is 4. The second-order valence-electron chi connectivity index (χ2n) is 8.63. The fourth-order valence-corrected chi connectivity index (χ4v) is 6.04. The second kappa shape index (κ2) is 11.4. The summed E-state index contributed by atoms with van der Waals surface area (Å²) in [5.41, 5.74) is 2.62. The zero-order valence-corrected chi connectivity index (χ0v) is 22.8. The van der Waals surface area contributed by atoms with Crippen molar-refractivity contribution in [3.05, 3.63) is 61.0 Å². The first-order valence-electron chi connectivity index (χ1n) is 11.7. The van der Waals surface area contributed by atoms with E-state index in [1.807, 2.05) is 29.2 Å². The summed E-state index contributed by atoms with van der Waals surface area (Å²) in [4.78, 5) is 30.3. The number of piperidine rings is 1. The van der Waals surface area contributed by atoms with Gasteiger partial charge in [-0.25, -0.2) is 0 Å². The number of methoxy groups -OCH3 is 1. The van der Waals surface area contributed by atoms with Crippen LogP contribution in [0, 0.1) is 10.1 Å². The molecule has 2 aromatic carbocycles. The third-order valence-electron chi connectivity index (χ3n) is 6.46. The van der Waals surface area contributed by atoms with Gasteiger partial charge >= 0.3 is 0 Å². The van der Waals surface area contributed by atoms with Crippen LogP contribution in [0.3, 0.4) is 0 Å². The molecule has 2 aliphatic rings. The number of benzene rings is 2. The van der Waals surface area contributed by atoms with E-state index in [0.29, 0.717) is 37.6 Å². The summed E-state index contributed by atoms with van der Waals surface area (Å²) < 4.78 is 7.15. The van der Waals surface area contributed by atoms with Gasteiger partial charge in [0.2, 0.25) is 5.91 Å². The van der Waals surface area contributed by atoms with Crippen molar-refractivity contribution in [1.82, 2.24) is 4.90 Å². The van der Waals surface area contributed by atoms with Gasteiger partial charge in [0.1, 0.15) is 11.4 Å². The zero-order valence-electron chi connectivity index (χ0n) is 19.6. The molecule has 10 heteroatoms. The number of halogens is 2. The highest BCUT2D eigenvalue weighted by Crippen LogP contribution is 2.35. The summed E-state index contributed by atoms with van der Waals surface area (Å²) in [6.07, 6.45) is 6.62. The highest BCUT2D eigenvalue weighted by Gasteiger charge is 2.25. The number of piperazine rings is 1. The number of carbonyl (C=O) groups excluding carboxylic acids is 1. The molecule has 8 nitrogen and oxygen atoms in total. The Labute approximate surface area is 221 Å². The number of nitro benzene ring substituents is 1.